The molecule has 0 amide bonds. The second-order valence-electron chi connectivity index (χ2n) is 6.18. The van der Waals surface area contributed by atoms with E-state index < -0.39 is 23.0 Å². The van der Waals surface area contributed by atoms with Crippen LogP contribution in [0.4, 0.5) is 10.2 Å². The van der Waals surface area contributed by atoms with E-state index in [4.69, 9.17) is 32.7 Å². The first kappa shape index (κ1) is 24.7. The molecule has 0 saturated carbocycles. The Morgan fingerprint density at radius 1 is 1.31 bits per heavy atom. The van der Waals surface area contributed by atoms with Gasteiger partial charge in [-0.05, 0) is 24.1 Å². The molecule has 10 heteroatoms. The first-order valence-corrected chi connectivity index (χ1v) is 8.94. The van der Waals surface area contributed by atoms with E-state index in [0.29, 0.717) is 5.56 Å². The third kappa shape index (κ3) is 5.85. The minimum atomic E-state index is -1.24. The van der Waals surface area contributed by atoms with Crippen LogP contribution in [0.1, 0.15) is 32.8 Å². The van der Waals surface area contributed by atoms with E-state index in [1.165, 1.54) is 19.2 Å². The molecule has 1 atom stereocenters. The van der Waals surface area contributed by atoms with Gasteiger partial charge >= 0.3 is 5.97 Å². The van der Waals surface area contributed by atoms with E-state index in [1.54, 1.807) is 6.07 Å². The summed E-state index contributed by atoms with van der Waals surface area (Å²) in [4.78, 5) is 14.8. The maximum absolute atomic E-state index is 14.2. The Bertz CT molecular complexity index is 880. The number of carboxylic acid groups (broad SMARTS) is 1. The molecule has 0 bridgehead atoms. The predicted molar refractivity (Wildman–Crippen MR) is 110 cm³/mol. The second-order valence-corrected chi connectivity index (χ2v) is 6.93. The van der Waals surface area contributed by atoms with E-state index in [1.807, 2.05) is 13.8 Å². The first-order valence-electron chi connectivity index (χ1n) is 8.19. The topological polar surface area (TPSA) is 101 Å². The number of rotatable bonds is 8. The highest BCUT2D eigenvalue weighted by atomic mass is 35.5. The number of pyridine rings is 1. The number of aromatic hydroxyl groups is 1. The number of ether oxygens (including phenoxy) is 2. The monoisotopic (exact) mass is 448 g/mol. The van der Waals surface area contributed by atoms with Crippen LogP contribution in [0.5, 0.6) is 17.2 Å². The fourth-order valence-corrected chi connectivity index (χ4v) is 2.82. The number of anilines is 1. The van der Waals surface area contributed by atoms with Gasteiger partial charge in [-0.15, -0.1) is 0 Å². The zero-order valence-electron chi connectivity index (χ0n) is 15.3. The van der Waals surface area contributed by atoms with Gasteiger partial charge in [0, 0.05) is 12.7 Å². The molecule has 0 unspecified atom stereocenters. The molecular formula is C19H23Cl2FN2O5. The molecular weight excluding hydrogens is 426 g/mol. The summed E-state index contributed by atoms with van der Waals surface area (Å²) in [7, 11) is 1.32. The SMILES string of the molecule is C.COC[C@H](Nc1nc(F)c(Cl)c(Oc2ccc(O)c(C(C)C)c2)c1Cl)C(=O)O. The fourth-order valence-electron chi connectivity index (χ4n) is 2.36. The van der Waals surface area contributed by atoms with Gasteiger partial charge in [-0.3, -0.25) is 0 Å². The molecule has 0 spiro atoms. The lowest BCUT2D eigenvalue weighted by atomic mass is 10.0. The molecule has 0 radical (unpaired) electrons. The van der Waals surface area contributed by atoms with Crippen LogP contribution < -0.4 is 10.1 Å². The van der Waals surface area contributed by atoms with Crippen LogP contribution >= 0.6 is 23.2 Å². The second kappa shape index (κ2) is 10.5. The number of methoxy groups -OCH3 is 1. The molecule has 160 valence electrons. The van der Waals surface area contributed by atoms with Gasteiger partial charge in [-0.25, -0.2) is 4.79 Å². The van der Waals surface area contributed by atoms with Crippen LogP contribution in [0.15, 0.2) is 18.2 Å². The molecule has 0 aliphatic carbocycles. The smallest absolute Gasteiger partial charge is 0.328 e. The molecule has 0 aliphatic rings. The van der Waals surface area contributed by atoms with Gasteiger partial charge in [0.25, 0.3) is 0 Å². The number of phenols is 1. The van der Waals surface area contributed by atoms with Gasteiger partial charge in [0.1, 0.15) is 27.6 Å². The van der Waals surface area contributed by atoms with Gasteiger partial charge < -0.3 is 25.0 Å². The quantitative estimate of drug-likeness (QED) is 0.471. The first-order chi connectivity index (χ1) is 13.1. The Labute approximate surface area is 178 Å². The minimum absolute atomic E-state index is 0. The van der Waals surface area contributed by atoms with Gasteiger partial charge in [0.2, 0.25) is 5.95 Å². The predicted octanol–water partition coefficient (Wildman–Crippen LogP) is 5.30. The number of halogens is 3. The Hall–Kier alpha value is -2.29. The summed E-state index contributed by atoms with van der Waals surface area (Å²) in [6, 6.07) is 3.25. The Balaban J connectivity index is 0.00000420. The van der Waals surface area contributed by atoms with Gasteiger partial charge in [-0.2, -0.15) is 9.37 Å². The molecule has 0 aliphatic heterocycles. The number of aliphatic carboxylic acids is 1. The largest absolute Gasteiger partial charge is 0.508 e. The number of nitrogens with zero attached hydrogens (tertiary/aromatic N) is 1. The van der Waals surface area contributed by atoms with E-state index in [9.17, 15) is 19.4 Å². The zero-order chi connectivity index (χ0) is 21.0. The Morgan fingerprint density at radius 2 is 1.97 bits per heavy atom. The summed E-state index contributed by atoms with van der Waals surface area (Å²) >= 11 is 12.2. The lowest BCUT2D eigenvalue weighted by Crippen LogP contribution is -2.34. The highest BCUT2D eigenvalue weighted by Gasteiger charge is 2.24. The summed E-state index contributed by atoms with van der Waals surface area (Å²) in [5.74, 6) is -2.47. The van der Waals surface area contributed by atoms with Crippen LogP contribution in [0.3, 0.4) is 0 Å². The summed E-state index contributed by atoms with van der Waals surface area (Å²) in [6.07, 6.45) is 0. The third-order valence-corrected chi connectivity index (χ3v) is 4.46. The molecule has 7 nitrogen and oxygen atoms in total. The molecule has 2 aromatic rings. The maximum atomic E-state index is 14.2. The summed E-state index contributed by atoms with van der Waals surface area (Å²) < 4.78 is 24.6. The van der Waals surface area contributed by atoms with Gasteiger partial charge in [0.05, 0.1) is 6.61 Å². The van der Waals surface area contributed by atoms with Crippen LogP contribution in [0.2, 0.25) is 10.0 Å². The van der Waals surface area contributed by atoms with Crippen molar-refractivity contribution in [3.8, 4) is 17.2 Å². The molecule has 0 saturated heterocycles. The number of hydrogen-bond acceptors (Lipinski definition) is 6. The molecule has 2 rings (SSSR count). The highest BCUT2D eigenvalue weighted by molar-refractivity contribution is 6.38. The number of nitrogens with one attached hydrogen (secondary N) is 1. The number of carbonyl (C=O) groups is 1. The average molecular weight is 449 g/mol. The minimum Gasteiger partial charge on any atom is -0.508 e. The van der Waals surface area contributed by atoms with Crippen LogP contribution in [-0.4, -0.2) is 40.9 Å². The lowest BCUT2D eigenvalue weighted by Gasteiger charge is -2.18. The van der Waals surface area contributed by atoms with Gasteiger partial charge in [-0.1, -0.05) is 44.5 Å². The lowest BCUT2D eigenvalue weighted by molar-refractivity contribution is -0.139. The van der Waals surface area contributed by atoms with E-state index >= 15 is 0 Å². The van der Waals surface area contributed by atoms with Crippen molar-refractivity contribution in [3.05, 3.63) is 39.8 Å². The third-order valence-electron chi connectivity index (χ3n) is 3.78. The molecule has 1 aromatic heterocycles. The summed E-state index contributed by atoms with van der Waals surface area (Å²) in [5, 5.41) is 20.9. The standard InChI is InChI=1S/C18H19Cl2FN2O5.CH4/c1-8(2)10-6-9(4-5-12(10)24)28-15-13(19)16(21)23-17(14(15)20)22-11(7-27-3)18(25)26;/h4-6,8,11,24H,7H2,1-3H3,(H,22,23)(H,25,26);1H4/t11-;/m0./s1. The van der Waals surface area contributed by atoms with E-state index in [-0.39, 0.29) is 48.0 Å². The van der Waals surface area contributed by atoms with E-state index in [2.05, 4.69) is 10.3 Å². The average Bonchev–Trinajstić information content (AvgIpc) is 2.63. The molecule has 1 aromatic carbocycles. The summed E-state index contributed by atoms with van der Waals surface area (Å²) in [5.41, 5.74) is 0.614. The Kier molecular flexibility index (Phi) is 8.94. The van der Waals surface area contributed by atoms with Crippen molar-refractivity contribution in [2.24, 2.45) is 0 Å². The molecule has 3 N–H and O–H groups in total. The van der Waals surface area contributed by atoms with Crippen molar-refractivity contribution in [2.75, 3.05) is 19.0 Å². The van der Waals surface area contributed by atoms with Crippen molar-refractivity contribution < 1.29 is 28.9 Å². The van der Waals surface area contributed by atoms with Crippen molar-refractivity contribution in [1.82, 2.24) is 4.98 Å². The zero-order valence-corrected chi connectivity index (χ0v) is 16.8. The Morgan fingerprint density at radius 3 is 2.52 bits per heavy atom. The maximum Gasteiger partial charge on any atom is 0.328 e. The van der Waals surface area contributed by atoms with Crippen LogP contribution in [-0.2, 0) is 9.53 Å². The molecule has 0 fully saturated rings. The molecule has 1 heterocycles. The summed E-state index contributed by atoms with van der Waals surface area (Å²) in [6.45, 7) is 3.56. The number of aromatic nitrogens is 1. The number of phenolic OH excluding ortho intramolecular Hbond substituents is 1. The van der Waals surface area contributed by atoms with Crippen molar-refractivity contribution in [3.63, 3.8) is 0 Å². The van der Waals surface area contributed by atoms with Crippen molar-refractivity contribution in [2.45, 2.75) is 33.2 Å². The van der Waals surface area contributed by atoms with Crippen LogP contribution in [0, 0.1) is 5.95 Å². The van der Waals surface area contributed by atoms with Crippen molar-refractivity contribution in [1.29, 1.82) is 0 Å². The molecule has 29 heavy (non-hydrogen) atoms. The fraction of sp³-hybridized carbons (Fsp3) is 0.368. The number of benzene rings is 1. The highest BCUT2D eigenvalue weighted by Crippen LogP contribution is 2.42. The van der Waals surface area contributed by atoms with Gasteiger partial charge in [0.15, 0.2) is 11.6 Å². The van der Waals surface area contributed by atoms with Crippen molar-refractivity contribution >= 4 is 35.0 Å². The number of carboxylic acids is 1. The number of hydrogen-bond donors (Lipinski definition) is 3. The van der Waals surface area contributed by atoms with E-state index in [0.717, 1.165) is 0 Å². The van der Waals surface area contributed by atoms with Crippen LogP contribution in [0.25, 0.3) is 0 Å². The normalized spacial score (nSPS) is 11.7.